The fourth-order valence-corrected chi connectivity index (χ4v) is 3.27. The highest BCUT2D eigenvalue weighted by atomic mass is 79.9. The Balaban J connectivity index is 2.76. The van der Waals surface area contributed by atoms with Crippen LogP contribution in [0.3, 0.4) is 0 Å². The second-order valence-corrected chi connectivity index (χ2v) is 6.02. The second-order valence-electron chi connectivity index (χ2n) is 4.25. The quantitative estimate of drug-likeness (QED) is 0.776. The fourth-order valence-electron chi connectivity index (χ4n) is 1.86. The normalized spacial score (nSPS) is 12.3. The van der Waals surface area contributed by atoms with E-state index in [1.54, 1.807) is 14.2 Å². The minimum atomic E-state index is 0.543. The highest BCUT2D eigenvalue weighted by Gasteiger charge is 2.11. The SMILES string of the molecule is CCC(CSC)NCc1cc(Br)c(OC)c(OC)c1. The van der Waals surface area contributed by atoms with Gasteiger partial charge in [-0.3, -0.25) is 0 Å². The summed E-state index contributed by atoms with van der Waals surface area (Å²) in [4.78, 5) is 0. The van der Waals surface area contributed by atoms with Gasteiger partial charge in [0, 0.05) is 18.3 Å². The molecule has 108 valence electrons. The summed E-state index contributed by atoms with van der Waals surface area (Å²) in [5, 5.41) is 3.56. The molecule has 5 heteroatoms. The van der Waals surface area contributed by atoms with Crippen LogP contribution in [0.4, 0.5) is 0 Å². The van der Waals surface area contributed by atoms with Gasteiger partial charge in [-0.15, -0.1) is 0 Å². The van der Waals surface area contributed by atoms with Crippen LogP contribution in [0.2, 0.25) is 0 Å². The molecule has 3 nitrogen and oxygen atoms in total. The number of thioether (sulfide) groups is 1. The molecule has 0 amide bonds. The third-order valence-electron chi connectivity index (χ3n) is 2.95. The van der Waals surface area contributed by atoms with E-state index in [0.29, 0.717) is 6.04 Å². The number of ether oxygens (including phenoxy) is 2. The molecule has 1 N–H and O–H groups in total. The van der Waals surface area contributed by atoms with E-state index in [9.17, 15) is 0 Å². The topological polar surface area (TPSA) is 30.5 Å². The van der Waals surface area contributed by atoms with Crippen molar-refractivity contribution in [1.82, 2.24) is 5.32 Å². The first-order valence-electron chi connectivity index (χ1n) is 6.28. The second kappa shape index (κ2) is 8.72. The molecule has 0 aliphatic heterocycles. The molecule has 0 saturated carbocycles. The van der Waals surface area contributed by atoms with Crippen molar-refractivity contribution in [3.63, 3.8) is 0 Å². The maximum atomic E-state index is 5.35. The lowest BCUT2D eigenvalue weighted by molar-refractivity contribution is 0.352. The molecule has 0 bridgehead atoms. The Morgan fingerprint density at radius 2 is 2.05 bits per heavy atom. The molecule has 0 spiro atoms. The van der Waals surface area contributed by atoms with E-state index in [-0.39, 0.29) is 0 Å². The van der Waals surface area contributed by atoms with Crippen LogP contribution in [0.25, 0.3) is 0 Å². The molecule has 0 aromatic heterocycles. The van der Waals surface area contributed by atoms with Gasteiger partial charge in [-0.2, -0.15) is 11.8 Å². The molecule has 0 radical (unpaired) electrons. The van der Waals surface area contributed by atoms with Gasteiger partial charge in [0.1, 0.15) is 0 Å². The number of benzene rings is 1. The van der Waals surface area contributed by atoms with Gasteiger partial charge in [-0.1, -0.05) is 6.92 Å². The summed E-state index contributed by atoms with van der Waals surface area (Å²) in [5.74, 6) is 2.62. The Morgan fingerprint density at radius 1 is 1.32 bits per heavy atom. The van der Waals surface area contributed by atoms with E-state index >= 15 is 0 Å². The van der Waals surface area contributed by atoms with Crippen LogP contribution in [0.1, 0.15) is 18.9 Å². The fraction of sp³-hybridized carbons (Fsp3) is 0.571. The molecule has 0 heterocycles. The molecule has 0 aliphatic carbocycles. The van der Waals surface area contributed by atoms with Gasteiger partial charge in [0.2, 0.25) is 0 Å². The predicted octanol–water partition coefficient (Wildman–Crippen LogP) is 3.70. The van der Waals surface area contributed by atoms with E-state index in [0.717, 1.165) is 34.7 Å². The average Bonchev–Trinajstić information content (AvgIpc) is 2.42. The van der Waals surface area contributed by atoms with Gasteiger partial charge in [-0.05, 0) is 46.3 Å². The first kappa shape index (κ1) is 16.7. The van der Waals surface area contributed by atoms with Crippen LogP contribution in [0.5, 0.6) is 11.5 Å². The zero-order valence-corrected chi connectivity index (χ0v) is 14.4. The summed E-state index contributed by atoms with van der Waals surface area (Å²) in [6.07, 6.45) is 3.27. The predicted molar refractivity (Wildman–Crippen MR) is 86.5 cm³/mol. The van der Waals surface area contributed by atoms with Crippen LogP contribution >= 0.6 is 27.7 Å². The summed E-state index contributed by atoms with van der Waals surface area (Å²) in [5.41, 5.74) is 1.18. The highest BCUT2D eigenvalue weighted by Crippen LogP contribution is 2.36. The molecule has 0 aliphatic rings. The Bertz CT molecular complexity index is 401. The number of hydrogen-bond acceptors (Lipinski definition) is 4. The third-order valence-corrected chi connectivity index (χ3v) is 4.27. The molecule has 0 saturated heterocycles. The minimum absolute atomic E-state index is 0.543. The number of halogens is 1. The molecule has 1 aromatic carbocycles. The Labute approximate surface area is 128 Å². The first-order valence-corrected chi connectivity index (χ1v) is 8.47. The molecule has 1 atom stereocenters. The van der Waals surface area contributed by atoms with Crippen LogP contribution in [0.15, 0.2) is 16.6 Å². The van der Waals surface area contributed by atoms with Gasteiger partial charge >= 0.3 is 0 Å². The lowest BCUT2D eigenvalue weighted by Gasteiger charge is -2.17. The third kappa shape index (κ3) is 4.89. The largest absolute Gasteiger partial charge is 0.493 e. The maximum absolute atomic E-state index is 5.35. The molecule has 1 rings (SSSR count). The number of hydrogen-bond donors (Lipinski definition) is 1. The molecular formula is C14H22BrNO2S. The van der Waals surface area contributed by atoms with Crippen LogP contribution in [0, 0.1) is 0 Å². The van der Waals surface area contributed by atoms with Crippen molar-refractivity contribution < 1.29 is 9.47 Å². The summed E-state index contributed by atoms with van der Waals surface area (Å²) in [6.45, 7) is 3.04. The molecule has 1 aromatic rings. The van der Waals surface area contributed by atoms with Gasteiger partial charge in [0.25, 0.3) is 0 Å². The number of methoxy groups -OCH3 is 2. The van der Waals surface area contributed by atoms with E-state index in [1.165, 1.54) is 5.56 Å². The van der Waals surface area contributed by atoms with E-state index in [2.05, 4.69) is 40.5 Å². The summed E-state index contributed by atoms with van der Waals surface area (Å²) >= 11 is 5.39. The van der Waals surface area contributed by atoms with Crippen LogP contribution in [-0.2, 0) is 6.54 Å². The standard InChI is InChI=1S/C14H22BrNO2S/c1-5-11(9-19-4)16-8-10-6-12(15)14(18-3)13(7-10)17-2/h6-7,11,16H,5,8-9H2,1-4H3. The van der Waals surface area contributed by atoms with Crippen molar-refractivity contribution in [1.29, 1.82) is 0 Å². The lowest BCUT2D eigenvalue weighted by atomic mass is 10.1. The number of rotatable bonds is 8. The lowest BCUT2D eigenvalue weighted by Crippen LogP contribution is -2.30. The Kier molecular flexibility index (Phi) is 7.64. The molecule has 0 fully saturated rings. The van der Waals surface area contributed by atoms with Crippen molar-refractivity contribution in [3.8, 4) is 11.5 Å². The molecule has 19 heavy (non-hydrogen) atoms. The number of nitrogens with one attached hydrogen (secondary N) is 1. The van der Waals surface area contributed by atoms with Crippen molar-refractivity contribution in [2.45, 2.75) is 25.9 Å². The Hall–Kier alpha value is -0.390. The van der Waals surface area contributed by atoms with Crippen molar-refractivity contribution in [2.75, 3.05) is 26.2 Å². The van der Waals surface area contributed by atoms with Gasteiger partial charge < -0.3 is 14.8 Å². The molecule has 1 unspecified atom stereocenters. The summed E-state index contributed by atoms with van der Waals surface area (Å²) in [7, 11) is 3.30. The van der Waals surface area contributed by atoms with Gasteiger partial charge in [-0.25, -0.2) is 0 Å². The van der Waals surface area contributed by atoms with Gasteiger partial charge in [0.15, 0.2) is 11.5 Å². The van der Waals surface area contributed by atoms with Crippen molar-refractivity contribution in [2.24, 2.45) is 0 Å². The zero-order valence-electron chi connectivity index (χ0n) is 12.0. The van der Waals surface area contributed by atoms with Crippen molar-refractivity contribution >= 4 is 27.7 Å². The first-order chi connectivity index (χ1) is 9.15. The smallest absolute Gasteiger partial charge is 0.174 e. The van der Waals surface area contributed by atoms with E-state index in [1.807, 2.05) is 17.8 Å². The van der Waals surface area contributed by atoms with Gasteiger partial charge in [0.05, 0.1) is 18.7 Å². The van der Waals surface area contributed by atoms with E-state index < -0.39 is 0 Å². The highest BCUT2D eigenvalue weighted by molar-refractivity contribution is 9.10. The zero-order chi connectivity index (χ0) is 14.3. The molecular weight excluding hydrogens is 326 g/mol. The average molecular weight is 348 g/mol. The monoisotopic (exact) mass is 347 g/mol. The van der Waals surface area contributed by atoms with Crippen LogP contribution in [-0.4, -0.2) is 32.3 Å². The van der Waals surface area contributed by atoms with Crippen molar-refractivity contribution in [3.05, 3.63) is 22.2 Å². The minimum Gasteiger partial charge on any atom is -0.493 e. The van der Waals surface area contributed by atoms with E-state index in [4.69, 9.17) is 9.47 Å². The maximum Gasteiger partial charge on any atom is 0.174 e. The van der Waals surface area contributed by atoms with Crippen LogP contribution < -0.4 is 14.8 Å². The summed E-state index contributed by atoms with van der Waals surface area (Å²) in [6, 6.07) is 4.63. The Morgan fingerprint density at radius 3 is 2.58 bits per heavy atom. The summed E-state index contributed by atoms with van der Waals surface area (Å²) < 4.78 is 11.6.